The minimum atomic E-state index is -0.982. The Morgan fingerprint density at radius 1 is 1.03 bits per heavy atom. The fourth-order valence-electron chi connectivity index (χ4n) is 5.59. The zero-order valence-electron chi connectivity index (χ0n) is 23.1. The molecule has 2 aliphatic heterocycles. The minimum absolute atomic E-state index is 0.0259. The number of carbonyl (C=O) groups is 2. The van der Waals surface area contributed by atoms with E-state index < -0.39 is 17.9 Å². The van der Waals surface area contributed by atoms with E-state index in [4.69, 9.17) is 4.74 Å². The summed E-state index contributed by atoms with van der Waals surface area (Å²) in [5.74, 6) is 0.576. The van der Waals surface area contributed by atoms with Gasteiger partial charge in [-0.05, 0) is 50.3 Å². The average Bonchev–Trinajstić information content (AvgIpc) is 3.16. The summed E-state index contributed by atoms with van der Waals surface area (Å²) in [5.41, 5.74) is 4.72. The standard InChI is InChI=1S/C31H39N3O4/c1-20(2)14-15-32-19-28(35)34-18-27-24(16-26(34)29(32)36)23-8-6-7-9-25(23)33(27)17-21-10-12-22(13-11-21)30(37)38-31(3,4)5/h6-13,20,26,30,37H,14-19H2,1-5H3. The molecule has 7 heteroatoms. The molecule has 0 aliphatic carbocycles. The SMILES string of the molecule is CC(C)CCN1CC(=O)N2Cc3c(c4ccccc4n3Cc3ccc(C(O)OC(C)(C)C)cc3)CC2C1=O. The van der Waals surface area contributed by atoms with Crippen LogP contribution in [0.2, 0.25) is 0 Å². The second-order valence-electron chi connectivity index (χ2n) is 12.0. The van der Waals surface area contributed by atoms with Gasteiger partial charge in [-0.15, -0.1) is 0 Å². The molecule has 1 N–H and O–H groups in total. The summed E-state index contributed by atoms with van der Waals surface area (Å²) in [6, 6.07) is 15.7. The molecule has 1 saturated heterocycles. The summed E-state index contributed by atoms with van der Waals surface area (Å²) in [5, 5.41) is 11.6. The number of carbonyl (C=O) groups excluding carboxylic acids is 2. The number of aromatic nitrogens is 1. The Morgan fingerprint density at radius 3 is 2.42 bits per heavy atom. The molecule has 2 amide bonds. The fourth-order valence-corrected chi connectivity index (χ4v) is 5.59. The Labute approximate surface area is 225 Å². The molecule has 0 spiro atoms. The summed E-state index contributed by atoms with van der Waals surface area (Å²) in [6.07, 6.45) is 0.457. The van der Waals surface area contributed by atoms with E-state index in [0.717, 1.165) is 28.6 Å². The van der Waals surface area contributed by atoms with Gasteiger partial charge in [0, 0.05) is 41.7 Å². The van der Waals surface area contributed by atoms with E-state index in [0.29, 0.717) is 37.5 Å². The Morgan fingerprint density at radius 2 is 1.74 bits per heavy atom. The van der Waals surface area contributed by atoms with E-state index in [9.17, 15) is 14.7 Å². The molecule has 3 aromatic rings. The van der Waals surface area contributed by atoms with Crippen molar-refractivity contribution >= 4 is 22.7 Å². The Bertz CT molecular complexity index is 1340. The maximum atomic E-state index is 13.4. The summed E-state index contributed by atoms with van der Waals surface area (Å²) >= 11 is 0. The van der Waals surface area contributed by atoms with Crippen LogP contribution in [0.5, 0.6) is 0 Å². The second kappa shape index (κ2) is 10.2. The molecule has 2 aromatic carbocycles. The molecule has 0 radical (unpaired) electrons. The molecular weight excluding hydrogens is 478 g/mol. The second-order valence-corrected chi connectivity index (χ2v) is 12.0. The van der Waals surface area contributed by atoms with Crippen LogP contribution in [-0.4, -0.2) is 56.0 Å². The maximum absolute atomic E-state index is 13.4. The lowest BCUT2D eigenvalue weighted by atomic mass is 9.93. The van der Waals surface area contributed by atoms with E-state index in [2.05, 4.69) is 30.5 Å². The largest absolute Gasteiger partial charge is 0.364 e. The van der Waals surface area contributed by atoms with Crippen molar-refractivity contribution in [1.29, 1.82) is 0 Å². The fraction of sp³-hybridized carbons (Fsp3) is 0.484. The maximum Gasteiger partial charge on any atom is 0.246 e. The van der Waals surface area contributed by atoms with Gasteiger partial charge < -0.3 is 24.2 Å². The topological polar surface area (TPSA) is 75.0 Å². The van der Waals surface area contributed by atoms with Crippen molar-refractivity contribution in [2.45, 2.75) is 78.5 Å². The van der Waals surface area contributed by atoms with Gasteiger partial charge in [-0.1, -0.05) is 56.3 Å². The first-order valence-electron chi connectivity index (χ1n) is 13.6. The molecular formula is C31H39N3O4. The average molecular weight is 518 g/mol. The lowest BCUT2D eigenvalue weighted by Crippen LogP contribution is -2.61. The third-order valence-electron chi connectivity index (χ3n) is 7.58. The number of benzene rings is 2. The number of para-hydroxylation sites is 1. The number of piperazine rings is 1. The number of nitrogens with zero attached hydrogens (tertiary/aromatic N) is 3. The smallest absolute Gasteiger partial charge is 0.246 e. The van der Waals surface area contributed by atoms with E-state index in [1.54, 1.807) is 9.80 Å². The third kappa shape index (κ3) is 5.22. The van der Waals surface area contributed by atoms with Crippen LogP contribution in [0.1, 0.15) is 69.7 Å². The molecule has 0 bridgehead atoms. The monoisotopic (exact) mass is 517 g/mol. The van der Waals surface area contributed by atoms with Crippen LogP contribution in [0.25, 0.3) is 10.9 Å². The minimum Gasteiger partial charge on any atom is -0.364 e. The van der Waals surface area contributed by atoms with Gasteiger partial charge in [-0.3, -0.25) is 9.59 Å². The van der Waals surface area contributed by atoms with Gasteiger partial charge in [0.15, 0.2) is 6.29 Å². The number of hydrogen-bond donors (Lipinski definition) is 1. The van der Waals surface area contributed by atoms with Crippen LogP contribution in [0.3, 0.4) is 0 Å². The van der Waals surface area contributed by atoms with Gasteiger partial charge in [-0.2, -0.15) is 0 Å². The quantitative estimate of drug-likeness (QED) is 0.464. The number of rotatable bonds is 7. The number of aliphatic hydroxyl groups excluding tert-OH is 1. The van der Waals surface area contributed by atoms with Crippen molar-refractivity contribution in [3.8, 4) is 0 Å². The molecule has 2 atom stereocenters. The van der Waals surface area contributed by atoms with Crippen LogP contribution < -0.4 is 0 Å². The predicted molar refractivity (Wildman–Crippen MR) is 147 cm³/mol. The molecule has 2 aliphatic rings. The third-order valence-corrected chi connectivity index (χ3v) is 7.58. The van der Waals surface area contributed by atoms with Crippen molar-refractivity contribution in [1.82, 2.24) is 14.4 Å². The summed E-state index contributed by atoms with van der Waals surface area (Å²) in [7, 11) is 0. The number of aliphatic hydroxyl groups is 1. The van der Waals surface area contributed by atoms with Crippen LogP contribution in [0.15, 0.2) is 48.5 Å². The van der Waals surface area contributed by atoms with Gasteiger partial charge >= 0.3 is 0 Å². The summed E-state index contributed by atoms with van der Waals surface area (Å²) < 4.78 is 7.97. The first-order valence-corrected chi connectivity index (χ1v) is 13.6. The van der Waals surface area contributed by atoms with Crippen molar-refractivity contribution in [3.63, 3.8) is 0 Å². The first kappa shape index (κ1) is 26.4. The van der Waals surface area contributed by atoms with E-state index in [1.165, 1.54) is 5.56 Å². The summed E-state index contributed by atoms with van der Waals surface area (Å²) in [4.78, 5) is 30.2. The zero-order valence-corrected chi connectivity index (χ0v) is 23.1. The Kier molecular flexibility index (Phi) is 7.09. The van der Waals surface area contributed by atoms with Crippen LogP contribution in [0, 0.1) is 5.92 Å². The van der Waals surface area contributed by atoms with E-state index >= 15 is 0 Å². The molecule has 38 heavy (non-hydrogen) atoms. The highest BCUT2D eigenvalue weighted by Crippen LogP contribution is 2.35. The van der Waals surface area contributed by atoms with Crippen molar-refractivity contribution < 1.29 is 19.4 Å². The van der Waals surface area contributed by atoms with Crippen molar-refractivity contribution in [2.75, 3.05) is 13.1 Å². The molecule has 1 fully saturated rings. The molecule has 0 saturated carbocycles. The van der Waals surface area contributed by atoms with Gasteiger partial charge in [-0.25, -0.2) is 0 Å². The number of fused-ring (bicyclic) bond motifs is 4. The molecule has 7 nitrogen and oxygen atoms in total. The van der Waals surface area contributed by atoms with Crippen LogP contribution in [0.4, 0.5) is 0 Å². The molecule has 202 valence electrons. The lowest BCUT2D eigenvalue weighted by molar-refractivity contribution is -0.169. The summed E-state index contributed by atoms with van der Waals surface area (Å²) in [6.45, 7) is 11.9. The highest BCUT2D eigenvalue weighted by Gasteiger charge is 2.43. The number of ether oxygens (including phenoxy) is 1. The Balaban J connectivity index is 1.43. The number of hydrogen-bond acceptors (Lipinski definition) is 4. The van der Waals surface area contributed by atoms with Crippen LogP contribution in [-0.2, 0) is 33.8 Å². The van der Waals surface area contributed by atoms with Crippen molar-refractivity contribution in [3.05, 3.63) is 70.9 Å². The van der Waals surface area contributed by atoms with Gasteiger partial charge in [0.2, 0.25) is 11.8 Å². The predicted octanol–water partition coefficient (Wildman–Crippen LogP) is 4.64. The van der Waals surface area contributed by atoms with Crippen LogP contribution >= 0.6 is 0 Å². The molecule has 3 heterocycles. The van der Waals surface area contributed by atoms with Gasteiger partial charge in [0.05, 0.1) is 18.7 Å². The van der Waals surface area contributed by atoms with Gasteiger partial charge in [0.25, 0.3) is 0 Å². The molecule has 1 aromatic heterocycles. The zero-order chi connectivity index (χ0) is 27.2. The molecule has 2 unspecified atom stereocenters. The number of amides is 2. The molecule has 5 rings (SSSR count). The van der Waals surface area contributed by atoms with E-state index in [-0.39, 0.29) is 18.4 Å². The highest BCUT2D eigenvalue weighted by molar-refractivity contribution is 5.97. The highest BCUT2D eigenvalue weighted by atomic mass is 16.6. The van der Waals surface area contributed by atoms with E-state index in [1.807, 2.05) is 57.2 Å². The Hall–Kier alpha value is -3.16. The first-order chi connectivity index (χ1) is 18.0. The normalized spacial score (nSPS) is 18.8. The van der Waals surface area contributed by atoms with Gasteiger partial charge in [0.1, 0.15) is 6.04 Å². The van der Waals surface area contributed by atoms with Crippen molar-refractivity contribution in [2.24, 2.45) is 5.92 Å². The lowest BCUT2D eigenvalue weighted by Gasteiger charge is -2.43.